The number of benzene rings is 1. The predicted molar refractivity (Wildman–Crippen MR) is 80.5 cm³/mol. The largest absolute Gasteiger partial charge is 0.379 e. The number of rotatable bonds is 5. The van der Waals surface area contributed by atoms with E-state index in [0.29, 0.717) is 12.0 Å². The highest BCUT2D eigenvalue weighted by Gasteiger charge is 2.05. The minimum absolute atomic E-state index is 0.447. The first-order chi connectivity index (χ1) is 9.08. The van der Waals surface area contributed by atoms with Crippen molar-refractivity contribution in [1.29, 1.82) is 0 Å². The maximum Gasteiger partial charge on any atom is 0.0951 e. The van der Waals surface area contributed by atoms with Crippen molar-refractivity contribution in [3.8, 4) is 0 Å². The molecule has 1 aromatic heterocycles. The van der Waals surface area contributed by atoms with Crippen LogP contribution in [0.25, 0.3) is 0 Å². The third-order valence-electron chi connectivity index (χ3n) is 3.35. The van der Waals surface area contributed by atoms with Gasteiger partial charge in [0, 0.05) is 17.9 Å². The first-order valence-electron chi connectivity index (χ1n) is 6.92. The van der Waals surface area contributed by atoms with Gasteiger partial charge in [-0.1, -0.05) is 26.0 Å². The number of nitrogens with one attached hydrogen (secondary N) is 1. The molecule has 2 aromatic rings. The van der Waals surface area contributed by atoms with Crippen LogP contribution in [0, 0.1) is 0 Å². The molecule has 19 heavy (non-hydrogen) atoms. The predicted octanol–water partition coefficient (Wildman–Crippen LogP) is 4.20. The third-order valence-corrected chi connectivity index (χ3v) is 3.35. The Morgan fingerprint density at radius 1 is 1.11 bits per heavy atom. The average Bonchev–Trinajstić information content (AvgIpc) is 2.85. The van der Waals surface area contributed by atoms with E-state index in [1.807, 2.05) is 12.5 Å². The summed E-state index contributed by atoms with van der Waals surface area (Å²) in [5.41, 5.74) is 3.74. The third kappa shape index (κ3) is 3.37. The molecule has 0 aliphatic rings. The van der Waals surface area contributed by atoms with Gasteiger partial charge in [0.15, 0.2) is 0 Å². The zero-order valence-electron chi connectivity index (χ0n) is 12.2. The Kier molecular flexibility index (Phi) is 4.25. The lowest BCUT2D eigenvalue weighted by atomic mass is 10.0. The lowest BCUT2D eigenvalue weighted by molar-refractivity contribution is 0.577. The number of aromatic nitrogens is 2. The summed E-state index contributed by atoms with van der Waals surface area (Å²) in [6, 6.07) is 9.11. The van der Waals surface area contributed by atoms with Crippen LogP contribution in [0.2, 0.25) is 0 Å². The minimum atomic E-state index is 0.447. The van der Waals surface area contributed by atoms with Crippen molar-refractivity contribution in [1.82, 2.24) is 9.55 Å². The van der Waals surface area contributed by atoms with Gasteiger partial charge in [-0.2, -0.15) is 0 Å². The van der Waals surface area contributed by atoms with Crippen molar-refractivity contribution >= 4 is 5.69 Å². The normalized spacial score (nSPS) is 11.3. The maximum atomic E-state index is 4.22. The van der Waals surface area contributed by atoms with Crippen LogP contribution >= 0.6 is 0 Å². The van der Waals surface area contributed by atoms with Gasteiger partial charge >= 0.3 is 0 Å². The van der Waals surface area contributed by atoms with Crippen LogP contribution in [-0.2, 0) is 6.54 Å². The molecule has 3 nitrogen and oxygen atoms in total. The minimum Gasteiger partial charge on any atom is -0.379 e. The highest BCUT2D eigenvalue weighted by Crippen LogP contribution is 2.18. The summed E-state index contributed by atoms with van der Waals surface area (Å²) >= 11 is 0. The summed E-state index contributed by atoms with van der Waals surface area (Å²) in [5, 5.41) is 3.45. The van der Waals surface area contributed by atoms with Gasteiger partial charge in [0.2, 0.25) is 0 Å². The smallest absolute Gasteiger partial charge is 0.0951 e. The maximum absolute atomic E-state index is 4.22. The zero-order chi connectivity index (χ0) is 13.8. The Labute approximate surface area is 115 Å². The molecule has 0 radical (unpaired) electrons. The molecule has 102 valence electrons. The molecule has 0 spiro atoms. The van der Waals surface area contributed by atoms with Crippen molar-refractivity contribution < 1.29 is 0 Å². The molecule has 0 fully saturated rings. The second-order valence-electron chi connectivity index (χ2n) is 5.52. The standard InChI is InChI=1S/C16H23N3/c1-12(2)14-5-7-15(8-6-14)18-10-16-9-17-11-19(16)13(3)4/h5-9,11-13,18H,10H2,1-4H3. The Hall–Kier alpha value is -1.77. The van der Waals surface area contributed by atoms with Crippen molar-refractivity contribution in [2.75, 3.05) is 5.32 Å². The van der Waals surface area contributed by atoms with Gasteiger partial charge in [-0.25, -0.2) is 4.98 Å². The Bertz CT molecular complexity index is 509. The fraction of sp³-hybridized carbons (Fsp3) is 0.438. The molecule has 0 aliphatic heterocycles. The molecule has 0 bridgehead atoms. The average molecular weight is 257 g/mol. The van der Waals surface area contributed by atoms with Crippen molar-refractivity contribution in [3.05, 3.63) is 48.0 Å². The van der Waals surface area contributed by atoms with Crippen LogP contribution in [0.1, 0.15) is 50.9 Å². The molecular weight excluding hydrogens is 234 g/mol. The second kappa shape index (κ2) is 5.91. The monoisotopic (exact) mass is 257 g/mol. The first kappa shape index (κ1) is 13.7. The molecular formula is C16H23N3. The Morgan fingerprint density at radius 2 is 1.79 bits per heavy atom. The quantitative estimate of drug-likeness (QED) is 0.870. The SMILES string of the molecule is CC(C)c1ccc(NCc2cncn2C(C)C)cc1. The highest BCUT2D eigenvalue weighted by molar-refractivity contribution is 5.45. The molecule has 1 aromatic carbocycles. The molecule has 1 heterocycles. The number of nitrogens with zero attached hydrogens (tertiary/aromatic N) is 2. The molecule has 0 amide bonds. The summed E-state index contributed by atoms with van der Waals surface area (Å²) in [4.78, 5) is 4.22. The van der Waals surface area contributed by atoms with E-state index in [9.17, 15) is 0 Å². The van der Waals surface area contributed by atoms with Crippen LogP contribution in [0.4, 0.5) is 5.69 Å². The van der Waals surface area contributed by atoms with Crippen LogP contribution in [0.3, 0.4) is 0 Å². The fourth-order valence-corrected chi connectivity index (χ4v) is 2.11. The summed E-state index contributed by atoms with van der Waals surface area (Å²) in [6.07, 6.45) is 3.82. The van der Waals surface area contributed by atoms with Gasteiger partial charge in [-0.05, 0) is 37.5 Å². The molecule has 0 saturated carbocycles. The van der Waals surface area contributed by atoms with E-state index in [1.165, 1.54) is 11.3 Å². The molecule has 0 unspecified atom stereocenters. The molecule has 2 rings (SSSR count). The van der Waals surface area contributed by atoms with Crippen molar-refractivity contribution in [2.24, 2.45) is 0 Å². The van der Waals surface area contributed by atoms with E-state index in [0.717, 1.165) is 12.2 Å². The van der Waals surface area contributed by atoms with E-state index >= 15 is 0 Å². The van der Waals surface area contributed by atoms with Crippen LogP contribution in [-0.4, -0.2) is 9.55 Å². The summed E-state index contributed by atoms with van der Waals surface area (Å²) in [5.74, 6) is 0.580. The lowest BCUT2D eigenvalue weighted by Gasteiger charge is -2.13. The van der Waals surface area contributed by atoms with Crippen molar-refractivity contribution in [2.45, 2.75) is 46.2 Å². The number of imidazole rings is 1. The van der Waals surface area contributed by atoms with E-state index in [1.54, 1.807) is 0 Å². The van der Waals surface area contributed by atoms with Gasteiger partial charge in [-0.3, -0.25) is 0 Å². The molecule has 0 saturated heterocycles. The number of anilines is 1. The lowest BCUT2D eigenvalue weighted by Crippen LogP contribution is -2.08. The number of hydrogen-bond acceptors (Lipinski definition) is 2. The van der Waals surface area contributed by atoms with Crippen LogP contribution < -0.4 is 5.32 Å². The summed E-state index contributed by atoms with van der Waals surface area (Å²) < 4.78 is 2.19. The van der Waals surface area contributed by atoms with E-state index < -0.39 is 0 Å². The second-order valence-corrected chi connectivity index (χ2v) is 5.52. The molecule has 0 atom stereocenters. The van der Waals surface area contributed by atoms with Gasteiger partial charge < -0.3 is 9.88 Å². The molecule has 1 N–H and O–H groups in total. The highest BCUT2D eigenvalue weighted by atomic mass is 15.1. The van der Waals surface area contributed by atoms with E-state index in [-0.39, 0.29) is 0 Å². The van der Waals surface area contributed by atoms with Crippen LogP contribution in [0.15, 0.2) is 36.8 Å². The van der Waals surface area contributed by atoms with Crippen LogP contribution in [0.5, 0.6) is 0 Å². The van der Waals surface area contributed by atoms with Gasteiger partial charge in [0.1, 0.15) is 0 Å². The molecule has 0 aliphatic carbocycles. The zero-order valence-corrected chi connectivity index (χ0v) is 12.2. The number of hydrogen-bond donors (Lipinski definition) is 1. The van der Waals surface area contributed by atoms with Gasteiger partial charge in [0.25, 0.3) is 0 Å². The Balaban J connectivity index is 2.00. The topological polar surface area (TPSA) is 29.9 Å². The van der Waals surface area contributed by atoms with Crippen molar-refractivity contribution in [3.63, 3.8) is 0 Å². The van der Waals surface area contributed by atoms with E-state index in [4.69, 9.17) is 0 Å². The Morgan fingerprint density at radius 3 is 2.37 bits per heavy atom. The molecule has 3 heteroatoms. The van der Waals surface area contributed by atoms with Gasteiger partial charge in [0.05, 0.1) is 18.6 Å². The van der Waals surface area contributed by atoms with E-state index in [2.05, 4.69) is 66.8 Å². The summed E-state index contributed by atoms with van der Waals surface area (Å²) in [7, 11) is 0. The summed E-state index contributed by atoms with van der Waals surface area (Å²) in [6.45, 7) is 9.57. The first-order valence-corrected chi connectivity index (χ1v) is 6.92. The fourth-order valence-electron chi connectivity index (χ4n) is 2.11. The van der Waals surface area contributed by atoms with Gasteiger partial charge in [-0.15, -0.1) is 0 Å².